The Labute approximate surface area is 92.2 Å². The zero-order valence-corrected chi connectivity index (χ0v) is 8.58. The Morgan fingerprint density at radius 2 is 2.25 bits per heavy atom. The summed E-state index contributed by atoms with van der Waals surface area (Å²) in [5.74, 6) is 0.711. The molecule has 5 heteroatoms. The summed E-state index contributed by atoms with van der Waals surface area (Å²) in [6, 6.07) is 3.79. The maximum absolute atomic E-state index is 10.9. The van der Waals surface area contributed by atoms with Gasteiger partial charge in [0.2, 0.25) is 0 Å². The number of nitrogens with zero attached hydrogens (tertiary/aromatic N) is 4. The monoisotopic (exact) mass is 214 g/mol. The van der Waals surface area contributed by atoms with Gasteiger partial charge in [-0.3, -0.25) is 0 Å². The van der Waals surface area contributed by atoms with Gasteiger partial charge in [0.05, 0.1) is 5.41 Å². The number of hydrogen-bond donors (Lipinski definition) is 0. The van der Waals surface area contributed by atoms with E-state index >= 15 is 0 Å². The van der Waals surface area contributed by atoms with E-state index in [0.29, 0.717) is 5.82 Å². The molecule has 3 rings (SSSR count). The molecule has 1 aliphatic rings. The van der Waals surface area contributed by atoms with Crippen LogP contribution in [0.25, 0.3) is 5.82 Å². The molecule has 80 valence electrons. The van der Waals surface area contributed by atoms with Crippen LogP contribution in [-0.2, 0) is 10.2 Å². The minimum absolute atomic E-state index is 0.256. The molecule has 0 atom stereocenters. The van der Waals surface area contributed by atoms with Crippen molar-refractivity contribution >= 4 is 6.29 Å². The molecule has 0 radical (unpaired) electrons. The summed E-state index contributed by atoms with van der Waals surface area (Å²) in [5, 5.41) is 3.99. The highest BCUT2D eigenvalue weighted by Gasteiger charge is 2.44. The number of carbonyl (C=O) groups is 1. The smallest absolute Gasteiger partial charge is 0.155 e. The van der Waals surface area contributed by atoms with Crippen LogP contribution in [-0.4, -0.2) is 26.0 Å². The van der Waals surface area contributed by atoms with Crippen LogP contribution < -0.4 is 0 Å². The van der Waals surface area contributed by atoms with Gasteiger partial charge in [-0.2, -0.15) is 5.10 Å². The predicted molar refractivity (Wildman–Crippen MR) is 56.1 cm³/mol. The number of pyridine rings is 1. The second-order valence-electron chi connectivity index (χ2n) is 4.02. The van der Waals surface area contributed by atoms with E-state index in [0.717, 1.165) is 24.7 Å². The Balaban J connectivity index is 1.94. The van der Waals surface area contributed by atoms with Crippen molar-refractivity contribution in [2.75, 3.05) is 0 Å². The zero-order valence-electron chi connectivity index (χ0n) is 8.58. The van der Waals surface area contributed by atoms with Crippen molar-refractivity contribution in [1.29, 1.82) is 0 Å². The first-order chi connectivity index (χ1) is 7.84. The van der Waals surface area contributed by atoms with Crippen molar-refractivity contribution in [1.82, 2.24) is 19.7 Å². The number of aldehydes is 1. The Kier molecular flexibility index (Phi) is 1.86. The molecule has 0 amide bonds. The molecule has 1 aliphatic carbocycles. The highest BCUT2D eigenvalue weighted by molar-refractivity contribution is 5.72. The van der Waals surface area contributed by atoms with Gasteiger partial charge in [0.15, 0.2) is 5.82 Å². The molecule has 1 saturated carbocycles. The molecular weight excluding hydrogens is 204 g/mol. The maximum atomic E-state index is 10.9. The highest BCUT2D eigenvalue weighted by atomic mass is 16.1. The van der Waals surface area contributed by atoms with E-state index in [2.05, 4.69) is 15.1 Å². The van der Waals surface area contributed by atoms with Crippen LogP contribution in [0.3, 0.4) is 0 Å². The Morgan fingerprint density at radius 1 is 1.38 bits per heavy atom. The summed E-state index contributed by atoms with van der Waals surface area (Å²) in [4.78, 5) is 19.1. The van der Waals surface area contributed by atoms with Crippen molar-refractivity contribution in [3.8, 4) is 5.82 Å². The predicted octanol–water partition coefficient (Wildman–Crippen LogP) is 0.893. The SMILES string of the molecule is O=CC1(c2ccc(-n3cncn3)nc2)CC1. The van der Waals surface area contributed by atoms with Crippen LogP contribution in [0.4, 0.5) is 0 Å². The standard InChI is InChI=1S/C11H10N4O/c16-6-11(3-4-11)9-1-2-10(13-5-9)15-8-12-7-14-15/h1-2,5-8H,3-4H2. The zero-order chi connectivity index (χ0) is 11.0. The van der Waals surface area contributed by atoms with Gasteiger partial charge in [-0.25, -0.2) is 14.6 Å². The van der Waals surface area contributed by atoms with E-state index in [4.69, 9.17) is 0 Å². The molecule has 16 heavy (non-hydrogen) atoms. The van der Waals surface area contributed by atoms with E-state index in [1.807, 2.05) is 12.1 Å². The Morgan fingerprint density at radius 3 is 2.75 bits per heavy atom. The molecule has 0 N–H and O–H groups in total. The normalized spacial score (nSPS) is 17.0. The van der Waals surface area contributed by atoms with Gasteiger partial charge in [0.1, 0.15) is 18.9 Å². The molecule has 0 aliphatic heterocycles. The number of aromatic nitrogens is 4. The largest absolute Gasteiger partial charge is 0.302 e. The third kappa shape index (κ3) is 1.32. The molecule has 0 saturated heterocycles. The van der Waals surface area contributed by atoms with Gasteiger partial charge < -0.3 is 4.79 Å². The van der Waals surface area contributed by atoms with E-state index in [-0.39, 0.29) is 5.41 Å². The van der Waals surface area contributed by atoms with Crippen molar-refractivity contribution < 1.29 is 4.79 Å². The van der Waals surface area contributed by atoms with E-state index in [1.54, 1.807) is 17.2 Å². The molecule has 0 bridgehead atoms. The molecular formula is C11H10N4O. The number of hydrogen-bond acceptors (Lipinski definition) is 4. The van der Waals surface area contributed by atoms with E-state index < -0.39 is 0 Å². The van der Waals surface area contributed by atoms with Crippen LogP contribution >= 0.6 is 0 Å². The summed E-state index contributed by atoms with van der Waals surface area (Å²) >= 11 is 0. The quantitative estimate of drug-likeness (QED) is 0.712. The lowest BCUT2D eigenvalue weighted by Gasteiger charge is -2.07. The van der Waals surface area contributed by atoms with Crippen LogP contribution in [0, 0.1) is 0 Å². The van der Waals surface area contributed by atoms with E-state index in [1.165, 1.54) is 6.33 Å². The molecule has 0 unspecified atom stereocenters. The molecule has 2 heterocycles. The second kappa shape index (κ2) is 3.23. The third-order valence-corrected chi connectivity index (χ3v) is 2.99. The maximum Gasteiger partial charge on any atom is 0.155 e. The Hall–Kier alpha value is -2.04. The van der Waals surface area contributed by atoms with Crippen LogP contribution in [0.1, 0.15) is 18.4 Å². The summed E-state index contributed by atoms with van der Waals surface area (Å²) < 4.78 is 1.59. The lowest BCUT2D eigenvalue weighted by Crippen LogP contribution is -2.09. The summed E-state index contributed by atoms with van der Waals surface area (Å²) in [7, 11) is 0. The van der Waals surface area contributed by atoms with Crippen LogP contribution in [0.5, 0.6) is 0 Å². The lowest BCUT2D eigenvalue weighted by atomic mass is 10.0. The van der Waals surface area contributed by atoms with Crippen molar-refractivity contribution in [2.24, 2.45) is 0 Å². The first-order valence-corrected chi connectivity index (χ1v) is 5.12. The van der Waals surface area contributed by atoms with Gasteiger partial charge in [0.25, 0.3) is 0 Å². The first-order valence-electron chi connectivity index (χ1n) is 5.12. The molecule has 2 aromatic heterocycles. The minimum atomic E-state index is -0.256. The molecule has 0 aromatic carbocycles. The van der Waals surface area contributed by atoms with Crippen molar-refractivity contribution in [3.05, 3.63) is 36.5 Å². The summed E-state index contributed by atoms with van der Waals surface area (Å²) in [5.41, 5.74) is 0.736. The second-order valence-corrected chi connectivity index (χ2v) is 4.02. The van der Waals surface area contributed by atoms with E-state index in [9.17, 15) is 4.79 Å². The average molecular weight is 214 g/mol. The molecule has 0 spiro atoms. The summed E-state index contributed by atoms with van der Waals surface area (Å²) in [6.45, 7) is 0. The van der Waals surface area contributed by atoms with Gasteiger partial charge in [-0.1, -0.05) is 6.07 Å². The fourth-order valence-electron chi connectivity index (χ4n) is 1.75. The van der Waals surface area contributed by atoms with Gasteiger partial charge in [0, 0.05) is 6.20 Å². The topological polar surface area (TPSA) is 60.7 Å². The minimum Gasteiger partial charge on any atom is -0.302 e. The Bertz CT molecular complexity index is 499. The van der Waals surface area contributed by atoms with Gasteiger partial charge >= 0.3 is 0 Å². The lowest BCUT2D eigenvalue weighted by molar-refractivity contribution is -0.109. The van der Waals surface area contributed by atoms with Crippen molar-refractivity contribution in [2.45, 2.75) is 18.3 Å². The van der Waals surface area contributed by atoms with Crippen LogP contribution in [0.15, 0.2) is 31.0 Å². The first kappa shape index (κ1) is 9.21. The molecule has 2 aromatic rings. The fourth-order valence-corrected chi connectivity index (χ4v) is 1.75. The number of rotatable bonds is 3. The van der Waals surface area contributed by atoms with Gasteiger partial charge in [-0.05, 0) is 24.5 Å². The molecule has 5 nitrogen and oxygen atoms in total. The molecule has 1 fully saturated rings. The van der Waals surface area contributed by atoms with Crippen molar-refractivity contribution in [3.63, 3.8) is 0 Å². The fraction of sp³-hybridized carbons (Fsp3) is 0.273. The summed E-state index contributed by atoms with van der Waals surface area (Å²) in [6.07, 6.45) is 7.69. The number of carbonyl (C=O) groups excluding carboxylic acids is 1. The van der Waals surface area contributed by atoms with Gasteiger partial charge in [-0.15, -0.1) is 0 Å². The average Bonchev–Trinajstić information content (AvgIpc) is 2.96. The van der Waals surface area contributed by atoms with Crippen LogP contribution in [0.2, 0.25) is 0 Å². The third-order valence-electron chi connectivity index (χ3n) is 2.99. The highest BCUT2D eigenvalue weighted by Crippen LogP contribution is 2.45.